The van der Waals surface area contributed by atoms with E-state index in [1.54, 1.807) is 23.3 Å². The largest absolute Gasteiger partial charge is 0.354 e. The molecule has 1 aliphatic heterocycles. The third-order valence-corrected chi connectivity index (χ3v) is 4.48. The average Bonchev–Trinajstić information content (AvgIpc) is 3.15. The minimum atomic E-state index is -0.374. The van der Waals surface area contributed by atoms with Crippen LogP contribution in [0.3, 0.4) is 0 Å². The molecule has 116 valence electrons. The first kappa shape index (κ1) is 14.5. The van der Waals surface area contributed by atoms with E-state index in [1.807, 2.05) is 4.90 Å². The zero-order valence-electron chi connectivity index (χ0n) is 11.9. The summed E-state index contributed by atoms with van der Waals surface area (Å²) in [5, 5.41) is 17.1. The first-order chi connectivity index (χ1) is 10.6. The molecule has 0 aromatic carbocycles. The molecule has 3 rings (SSSR count). The molecule has 0 unspecified atom stereocenters. The Hall–Kier alpha value is -2.42. The molecule has 1 fully saturated rings. The molecule has 3 heterocycles. The number of carbonyl (C=O) groups excluding carboxylic acids is 1. The van der Waals surface area contributed by atoms with E-state index in [4.69, 9.17) is 4.52 Å². The van der Waals surface area contributed by atoms with Crippen molar-refractivity contribution in [1.29, 1.82) is 0 Å². The lowest BCUT2D eigenvalue weighted by molar-refractivity contribution is -0.383. The number of carbonyl (C=O) groups is 1. The fourth-order valence-electron chi connectivity index (χ4n) is 2.40. The van der Waals surface area contributed by atoms with Crippen LogP contribution < -0.4 is 4.90 Å². The van der Waals surface area contributed by atoms with Gasteiger partial charge >= 0.3 is 5.69 Å². The second kappa shape index (κ2) is 5.76. The van der Waals surface area contributed by atoms with Crippen molar-refractivity contribution in [2.45, 2.75) is 6.92 Å². The summed E-state index contributed by atoms with van der Waals surface area (Å²) in [5.74, 6) is 0.0361. The van der Waals surface area contributed by atoms with Gasteiger partial charge in [-0.2, -0.15) is 0 Å². The van der Waals surface area contributed by atoms with Crippen LogP contribution in [0.15, 0.2) is 22.0 Å². The number of hydrogen-bond donors (Lipinski definition) is 0. The van der Waals surface area contributed by atoms with Gasteiger partial charge in [-0.05, 0) is 12.3 Å². The van der Waals surface area contributed by atoms with Crippen LogP contribution in [0.1, 0.15) is 16.2 Å². The van der Waals surface area contributed by atoms with E-state index in [2.05, 4.69) is 5.16 Å². The van der Waals surface area contributed by atoms with Crippen LogP contribution in [0.25, 0.3) is 0 Å². The summed E-state index contributed by atoms with van der Waals surface area (Å²) >= 11 is 1.35. The highest BCUT2D eigenvalue weighted by Crippen LogP contribution is 2.34. The van der Waals surface area contributed by atoms with Crippen molar-refractivity contribution < 1.29 is 14.2 Å². The van der Waals surface area contributed by atoms with Crippen molar-refractivity contribution in [3.05, 3.63) is 39.1 Å². The van der Waals surface area contributed by atoms with Gasteiger partial charge in [0.15, 0.2) is 5.00 Å². The van der Waals surface area contributed by atoms with Gasteiger partial charge in [0.1, 0.15) is 0 Å². The first-order valence-electron chi connectivity index (χ1n) is 6.75. The van der Waals surface area contributed by atoms with Crippen LogP contribution in [0.2, 0.25) is 0 Å². The Balaban J connectivity index is 1.66. The number of nitro groups is 1. The summed E-state index contributed by atoms with van der Waals surface area (Å²) in [4.78, 5) is 26.5. The van der Waals surface area contributed by atoms with Gasteiger partial charge in [0.25, 0.3) is 5.91 Å². The van der Waals surface area contributed by atoms with Crippen LogP contribution in [-0.2, 0) is 0 Å². The lowest BCUT2D eigenvalue weighted by Gasteiger charge is -2.34. The third-order valence-electron chi connectivity index (χ3n) is 3.51. The number of anilines is 1. The monoisotopic (exact) mass is 322 g/mol. The number of rotatable bonds is 3. The first-order valence-corrected chi connectivity index (χ1v) is 7.63. The molecule has 0 saturated carbocycles. The van der Waals surface area contributed by atoms with E-state index in [9.17, 15) is 14.9 Å². The summed E-state index contributed by atoms with van der Waals surface area (Å²) in [5.41, 5.74) is 0.784. The number of aromatic nitrogens is 1. The predicted molar refractivity (Wildman–Crippen MR) is 80.3 cm³/mol. The topological polar surface area (TPSA) is 92.7 Å². The SMILES string of the molecule is Cc1cc(C(=O)N2CCN(c3sccc3[N+](=O)[O-])CC2)on1. The molecule has 8 nitrogen and oxygen atoms in total. The molecule has 2 aromatic heterocycles. The molecule has 2 aromatic rings. The number of amides is 1. The Kier molecular flexibility index (Phi) is 3.80. The molecule has 0 radical (unpaired) electrons. The van der Waals surface area contributed by atoms with Gasteiger partial charge < -0.3 is 14.3 Å². The molecular weight excluding hydrogens is 308 g/mol. The number of nitrogens with zero attached hydrogens (tertiary/aromatic N) is 4. The van der Waals surface area contributed by atoms with E-state index in [-0.39, 0.29) is 22.3 Å². The maximum absolute atomic E-state index is 12.2. The number of hydrogen-bond acceptors (Lipinski definition) is 7. The average molecular weight is 322 g/mol. The minimum Gasteiger partial charge on any atom is -0.354 e. The van der Waals surface area contributed by atoms with Gasteiger partial charge in [-0.3, -0.25) is 14.9 Å². The molecule has 1 amide bonds. The van der Waals surface area contributed by atoms with Gasteiger partial charge in [-0.25, -0.2) is 0 Å². The predicted octanol–water partition coefficient (Wildman–Crippen LogP) is 1.92. The molecule has 0 atom stereocenters. The summed E-state index contributed by atoms with van der Waals surface area (Å²) in [6.07, 6.45) is 0. The second-order valence-electron chi connectivity index (χ2n) is 4.98. The molecule has 1 aliphatic rings. The van der Waals surface area contributed by atoms with Crippen molar-refractivity contribution in [3.63, 3.8) is 0 Å². The van der Waals surface area contributed by atoms with E-state index < -0.39 is 0 Å². The van der Waals surface area contributed by atoms with Crippen LogP contribution in [0.5, 0.6) is 0 Å². The highest BCUT2D eigenvalue weighted by atomic mass is 32.1. The molecule has 0 spiro atoms. The molecule has 22 heavy (non-hydrogen) atoms. The van der Waals surface area contributed by atoms with E-state index in [0.29, 0.717) is 36.9 Å². The Morgan fingerprint density at radius 3 is 2.73 bits per heavy atom. The zero-order valence-corrected chi connectivity index (χ0v) is 12.7. The summed E-state index contributed by atoms with van der Waals surface area (Å²) in [6.45, 7) is 3.86. The molecule has 0 bridgehead atoms. The molecular formula is C13H14N4O4S. The third kappa shape index (κ3) is 2.67. The van der Waals surface area contributed by atoms with Gasteiger partial charge in [-0.15, -0.1) is 11.3 Å². The van der Waals surface area contributed by atoms with Gasteiger partial charge in [0.2, 0.25) is 5.76 Å². The number of piperazine rings is 1. The summed E-state index contributed by atoms with van der Waals surface area (Å²) < 4.78 is 4.99. The maximum Gasteiger partial charge on any atom is 0.303 e. The van der Waals surface area contributed by atoms with Crippen LogP contribution in [0, 0.1) is 17.0 Å². The lowest BCUT2D eigenvalue weighted by atomic mass is 10.2. The van der Waals surface area contributed by atoms with Crippen LogP contribution in [-0.4, -0.2) is 47.1 Å². The Labute approximate surface area is 130 Å². The Morgan fingerprint density at radius 1 is 1.41 bits per heavy atom. The highest BCUT2D eigenvalue weighted by Gasteiger charge is 2.28. The molecule has 1 saturated heterocycles. The van der Waals surface area contributed by atoms with Crippen LogP contribution in [0.4, 0.5) is 10.7 Å². The standard InChI is InChI=1S/C13H14N4O4S/c1-9-8-11(21-14-9)12(18)15-3-5-16(6-4-15)13-10(17(19)20)2-7-22-13/h2,7-8H,3-6H2,1H3. The Bertz CT molecular complexity index is 702. The van der Waals surface area contributed by atoms with Gasteiger partial charge in [0, 0.05) is 38.3 Å². The normalized spacial score (nSPS) is 15.1. The summed E-state index contributed by atoms with van der Waals surface area (Å²) in [7, 11) is 0. The Morgan fingerprint density at radius 2 is 2.14 bits per heavy atom. The van der Waals surface area contributed by atoms with E-state index in [1.165, 1.54) is 17.4 Å². The zero-order chi connectivity index (χ0) is 15.7. The van der Waals surface area contributed by atoms with Crippen LogP contribution >= 0.6 is 11.3 Å². The van der Waals surface area contributed by atoms with Crippen molar-refractivity contribution in [3.8, 4) is 0 Å². The van der Waals surface area contributed by atoms with Crippen molar-refractivity contribution >= 4 is 27.9 Å². The molecule has 0 aliphatic carbocycles. The van der Waals surface area contributed by atoms with E-state index >= 15 is 0 Å². The van der Waals surface area contributed by atoms with Gasteiger partial charge in [-0.1, -0.05) is 5.16 Å². The maximum atomic E-state index is 12.2. The smallest absolute Gasteiger partial charge is 0.303 e. The van der Waals surface area contributed by atoms with Crippen molar-refractivity contribution in [2.75, 3.05) is 31.1 Å². The second-order valence-corrected chi connectivity index (χ2v) is 5.87. The molecule has 0 N–H and O–H groups in total. The van der Waals surface area contributed by atoms with Crippen molar-refractivity contribution in [2.24, 2.45) is 0 Å². The van der Waals surface area contributed by atoms with Crippen molar-refractivity contribution in [1.82, 2.24) is 10.1 Å². The highest BCUT2D eigenvalue weighted by molar-refractivity contribution is 7.14. The molecule has 9 heteroatoms. The van der Waals surface area contributed by atoms with E-state index in [0.717, 1.165) is 0 Å². The van der Waals surface area contributed by atoms with Gasteiger partial charge in [0.05, 0.1) is 10.6 Å². The number of aryl methyl sites for hydroxylation is 1. The minimum absolute atomic E-state index is 0.121. The fourth-order valence-corrected chi connectivity index (χ4v) is 3.32. The number of thiophene rings is 1. The lowest BCUT2D eigenvalue weighted by Crippen LogP contribution is -2.48. The quantitative estimate of drug-likeness (QED) is 0.633. The summed E-state index contributed by atoms with van der Waals surface area (Å²) in [6, 6.07) is 3.12. The fraction of sp³-hybridized carbons (Fsp3) is 0.385.